The van der Waals surface area contributed by atoms with E-state index in [1.807, 2.05) is 24.1 Å². The van der Waals surface area contributed by atoms with Crippen LogP contribution in [0.3, 0.4) is 0 Å². The van der Waals surface area contributed by atoms with Crippen molar-refractivity contribution in [2.45, 2.75) is 31.2 Å². The van der Waals surface area contributed by atoms with Crippen molar-refractivity contribution in [3.05, 3.63) is 72.1 Å². The number of benzene rings is 2. The van der Waals surface area contributed by atoms with Crippen LogP contribution in [-0.4, -0.2) is 51.8 Å². The number of nitrogens with zero attached hydrogens (tertiary/aromatic N) is 4. The number of carbonyl (C=O) groups excluding carboxylic acids is 1. The van der Waals surface area contributed by atoms with Gasteiger partial charge in [0.1, 0.15) is 0 Å². The van der Waals surface area contributed by atoms with Gasteiger partial charge in [0.15, 0.2) is 5.16 Å². The van der Waals surface area contributed by atoms with Crippen molar-refractivity contribution < 1.29 is 4.79 Å². The van der Waals surface area contributed by atoms with Crippen molar-refractivity contribution >= 4 is 23.4 Å². The van der Waals surface area contributed by atoms with Crippen molar-refractivity contribution in [1.82, 2.24) is 14.5 Å². The number of para-hydroxylation sites is 1. The molecule has 1 unspecified atom stereocenters. The number of aromatic nitrogens is 2. The Morgan fingerprint density at radius 3 is 2.47 bits per heavy atom. The third-order valence-corrected chi connectivity index (χ3v) is 6.85. The molecular formula is C24H28N4OS. The number of anilines is 1. The van der Waals surface area contributed by atoms with Gasteiger partial charge in [-0.1, -0.05) is 42.1 Å². The van der Waals surface area contributed by atoms with Gasteiger partial charge >= 0.3 is 0 Å². The Labute approximate surface area is 182 Å². The van der Waals surface area contributed by atoms with Crippen LogP contribution in [0.5, 0.6) is 0 Å². The number of imidazole rings is 1. The average molecular weight is 421 g/mol. The van der Waals surface area contributed by atoms with Crippen LogP contribution in [0, 0.1) is 13.8 Å². The van der Waals surface area contributed by atoms with E-state index in [0.717, 1.165) is 37.0 Å². The van der Waals surface area contributed by atoms with Gasteiger partial charge in [-0.05, 0) is 50.1 Å². The quantitative estimate of drug-likeness (QED) is 0.577. The molecule has 1 aromatic heterocycles. The number of thioether (sulfide) groups is 1. The second-order valence-corrected chi connectivity index (χ2v) is 9.01. The topological polar surface area (TPSA) is 41.4 Å². The fourth-order valence-corrected chi connectivity index (χ4v) is 4.81. The molecule has 5 nitrogen and oxygen atoms in total. The lowest BCUT2D eigenvalue weighted by molar-refractivity contribution is -0.130. The lowest BCUT2D eigenvalue weighted by atomic mass is 10.1. The van der Waals surface area contributed by atoms with Gasteiger partial charge in [0.25, 0.3) is 0 Å². The summed E-state index contributed by atoms with van der Waals surface area (Å²) in [4.78, 5) is 21.9. The molecule has 30 heavy (non-hydrogen) atoms. The zero-order valence-corrected chi connectivity index (χ0v) is 18.6. The molecule has 0 aliphatic carbocycles. The van der Waals surface area contributed by atoms with Gasteiger partial charge < -0.3 is 9.80 Å². The van der Waals surface area contributed by atoms with Crippen molar-refractivity contribution in [3.63, 3.8) is 0 Å². The van der Waals surface area contributed by atoms with Gasteiger partial charge in [-0.2, -0.15) is 0 Å². The van der Waals surface area contributed by atoms with E-state index in [-0.39, 0.29) is 11.2 Å². The lowest BCUT2D eigenvalue weighted by Crippen LogP contribution is -2.50. The fourth-order valence-electron chi connectivity index (χ4n) is 3.85. The van der Waals surface area contributed by atoms with E-state index in [1.165, 1.54) is 28.6 Å². The second kappa shape index (κ2) is 8.96. The zero-order valence-electron chi connectivity index (χ0n) is 17.8. The Morgan fingerprint density at radius 2 is 1.73 bits per heavy atom. The highest BCUT2D eigenvalue weighted by Crippen LogP contribution is 2.28. The smallest absolute Gasteiger partial charge is 0.236 e. The van der Waals surface area contributed by atoms with Crippen LogP contribution in [0.1, 0.15) is 18.1 Å². The molecule has 6 heteroatoms. The molecule has 0 radical (unpaired) electrons. The number of aryl methyl sites for hydroxylation is 1. The van der Waals surface area contributed by atoms with E-state index in [2.05, 4.69) is 70.8 Å². The second-order valence-electron chi connectivity index (χ2n) is 7.71. The standard InChI is InChI=1S/C24H28N4OS/c1-18-8-7-11-22(19(18)2)28-13-12-25-24(28)30-20(3)23(29)27-16-14-26(15-17-27)21-9-5-4-6-10-21/h4-13,20H,14-17H2,1-3H3. The van der Waals surface area contributed by atoms with Crippen LogP contribution >= 0.6 is 11.8 Å². The van der Waals surface area contributed by atoms with Crippen molar-refractivity contribution in [2.75, 3.05) is 31.1 Å². The van der Waals surface area contributed by atoms with Crippen LogP contribution in [0.15, 0.2) is 66.1 Å². The van der Waals surface area contributed by atoms with Gasteiger partial charge in [-0.25, -0.2) is 4.98 Å². The highest BCUT2D eigenvalue weighted by Gasteiger charge is 2.26. The summed E-state index contributed by atoms with van der Waals surface area (Å²) in [6.45, 7) is 9.46. The maximum atomic E-state index is 13.1. The van der Waals surface area contributed by atoms with Gasteiger partial charge in [-0.15, -0.1) is 0 Å². The number of hydrogen-bond donors (Lipinski definition) is 0. The first-order valence-corrected chi connectivity index (χ1v) is 11.3. The first-order valence-electron chi connectivity index (χ1n) is 10.4. The number of carbonyl (C=O) groups is 1. The maximum absolute atomic E-state index is 13.1. The largest absolute Gasteiger partial charge is 0.368 e. The Morgan fingerprint density at radius 1 is 1.00 bits per heavy atom. The Bertz CT molecular complexity index is 1010. The number of amides is 1. The molecule has 1 amide bonds. The summed E-state index contributed by atoms with van der Waals surface area (Å²) in [5.41, 5.74) is 4.82. The van der Waals surface area contributed by atoms with Crippen molar-refractivity contribution in [3.8, 4) is 5.69 Å². The first-order chi connectivity index (χ1) is 14.5. The predicted molar refractivity (Wildman–Crippen MR) is 124 cm³/mol. The summed E-state index contributed by atoms with van der Waals surface area (Å²) in [6.07, 6.45) is 3.78. The molecule has 2 aromatic carbocycles. The van der Waals surface area contributed by atoms with Gasteiger partial charge in [0.2, 0.25) is 5.91 Å². The Balaban J connectivity index is 1.41. The normalized spacial score (nSPS) is 15.3. The molecule has 0 N–H and O–H groups in total. The summed E-state index contributed by atoms with van der Waals surface area (Å²) in [7, 11) is 0. The van der Waals surface area contributed by atoms with Crippen molar-refractivity contribution in [1.29, 1.82) is 0 Å². The van der Waals surface area contributed by atoms with Crippen LogP contribution in [0.25, 0.3) is 5.69 Å². The molecule has 1 saturated heterocycles. The van der Waals surface area contributed by atoms with E-state index in [1.54, 1.807) is 6.20 Å². The molecule has 0 saturated carbocycles. The lowest BCUT2D eigenvalue weighted by Gasteiger charge is -2.37. The summed E-state index contributed by atoms with van der Waals surface area (Å²) in [5.74, 6) is 0.184. The molecule has 2 heterocycles. The molecule has 1 fully saturated rings. The average Bonchev–Trinajstić information content (AvgIpc) is 3.23. The predicted octanol–water partition coefficient (Wildman–Crippen LogP) is 4.32. The highest BCUT2D eigenvalue weighted by atomic mass is 32.2. The molecule has 3 aromatic rings. The molecule has 1 aliphatic heterocycles. The van der Waals surface area contributed by atoms with E-state index in [9.17, 15) is 4.79 Å². The first kappa shape index (κ1) is 20.5. The molecule has 0 spiro atoms. The molecule has 4 rings (SSSR count). The van der Waals surface area contributed by atoms with Gasteiger partial charge in [0, 0.05) is 44.3 Å². The third-order valence-electron chi connectivity index (χ3n) is 5.79. The summed E-state index contributed by atoms with van der Waals surface area (Å²) in [5, 5.41) is 0.673. The van der Waals surface area contributed by atoms with Crippen molar-refractivity contribution in [2.24, 2.45) is 0 Å². The van der Waals surface area contributed by atoms with Crippen LogP contribution < -0.4 is 4.90 Å². The summed E-state index contributed by atoms with van der Waals surface area (Å²) < 4.78 is 2.09. The minimum Gasteiger partial charge on any atom is -0.368 e. The third kappa shape index (κ3) is 4.24. The SMILES string of the molecule is Cc1cccc(-n2ccnc2SC(C)C(=O)N2CCN(c3ccccc3)CC2)c1C. The highest BCUT2D eigenvalue weighted by molar-refractivity contribution is 8.00. The minimum atomic E-state index is -0.181. The molecule has 156 valence electrons. The molecule has 1 aliphatic rings. The number of hydrogen-bond acceptors (Lipinski definition) is 4. The summed E-state index contributed by atoms with van der Waals surface area (Å²) >= 11 is 1.53. The Kier molecular flexibility index (Phi) is 6.13. The monoisotopic (exact) mass is 420 g/mol. The van der Waals surface area contributed by atoms with Crippen LogP contribution in [0.4, 0.5) is 5.69 Å². The van der Waals surface area contributed by atoms with E-state index >= 15 is 0 Å². The molecule has 1 atom stereocenters. The number of piperazine rings is 1. The van der Waals surface area contributed by atoms with E-state index < -0.39 is 0 Å². The van der Waals surface area contributed by atoms with Gasteiger partial charge in [0.05, 0.1) is 10.9 Å². The van der Waals surface area contributed by atoms with E-state index in [4.69, 9.17) is 0 Å². The zero-order chi connectivity index (χ0) is 21.1. The Hall–Kier alpha value is -2.73. The molecule has 0 bridgehead atoms. The summed E-state index contributed by atoms with van der Waals surface area (Å²) in [6, 6.07) is 16.7. The van der Waals surface area contributed by atoms with Crippen LogP contribution in [0.2, 0.25) is 0 Å². The maximum Gasteiger partial charge on any atom is 0.236 e. The fraction of sp³-hybridized carbons (Fsp3) is 0.333. The molecular weight excluding hydrogens is 392 g/mol. The minimum absolute atomic E-state index is 0.181. The van der Waals surface area contributed by atoms with Gasteiger partial charge in [-0.3, -0.25) is 9.36 Å². The number of rotatable bonds is 5. The van der Waals surface area contributed by atoms with E-state index in [0.29, 0.717) is 0 Å². The van der Waals surface area contributed by atoms with Crippen LogP contribution in [-0.2, 0) is 4.79 Å².